The number of oxime groups is 1. The first-order valence-electron chi connectivity index (χ1n) is 6.50. The van der Waals surface area contributed by atoms with Gasteiger partial charge in [-0.15, -0.1) is 0 Å². The Morgan fingerprint density at radius 3 is 2.81 bits per heavy atom. The van der Waals surface area contributed by atoms with Crippen LogP contribution in [0.4, 0.5) is 4.39 Å². The lowest BCUT2D eigenvalue weighted by Crippen LogP contribution is -2.37. The molecule has 0 aromatic heterocycles. The van der Waals surface area contributed by atoms with Gasteiger partial charge in [-0.3, -0.25) is 4.79 Å². The largest absolute Gasteiger partial charge is 0.409 e. The highest BCUT2D eigenvalue weighted by molar-refractivity contribution is 5.95. The molecule has 0 heterocycles. The molecule has 0 aliphatic carbocycles. The van der Waals surface area contributed by atoms with Crippen LogP contribution in [0.5, 0.6) is 0 Å². The van der Waals surface area contributed by atoms with Gasteiger partial charge in [-0.25, -0.2) is 4.39 Å². The number of carbonyl (C=O) groups excluding carboxylic acids is 1. The lowest BCUT2D eigenvalue weighted by Gasteiger charge is -2.22. The summed E-state index contributed by atoms with van der Waals surface area (Å²) >= 11 is 0. The summed E-state index contributed by atoms with van der Waals surface area (Å²) < 4.78 is 18.7. The van der Waals surface area contributed by atoms with Crippen molar-refractivity contribution in [3.05, 3.63) is 35.1 Å². The molecule has 1 rings (SSSR count). The normalized spacial score (nSPS) is 11.5. The van der Waals surface area contributed by atoms with Crippen molar-refractivity contribution in [2.24, 2.45) is 10.9 Å². The number of hydrogen-bond donors (Lipinski definition) is 2. The molecular formula is C14H20FN3O3. The first-order chi connectivity index (χ1) is 9.99. The topological polar surface area (TPSA) is 88.2 Å². The van der Waals surface area contributed by atoms with Crippen LogP contribution in [0.3, 0.4) is 0 Å². The fraction of sp³-hybridized carbons (Fsp3) is 0.429. The molecule has 21 heavy (non-hydrogen) atoms. The third kappa shape index (κ3) is 5.03. The Hall–Kier alpha value is -2.15. The van der Waals surface area contributed by atoms with Gasteiger partial charge in [-0.1, -0.05) is 16.8 Å². The van der Waals surface area contributed by atoms with Gasteiger partial charge < -0.3 is 20.6 Å². The lowest BCUT2D eigenvalue weighted by molar-refractivity contribution is 0.0696. The van der Waals surface area contributed by atoms with Crippen molar-refractivity contribution in [2.45, 2.75) is 13.3 Å². The van der Waals surface area contributed by atoms with E-state index in [2.05, 4.69) is 5.16 Å². The molecule has 0 aliphatic rings. The monoisotopic (exact) mass is 297 g/mol. The van der Waals surface area contributed by atoms with E-state index >= 15 is 0 Å². The molecule has 1 aromatic carbocycles. The summed E-state index contributed by atoms with van der Waals surface area (Å²) in [4.78, 5) is 13.8. The van der Waals surface area contributed by atoms with Gasteiger partial charge in [0.25, 0.3) is 5.91 Å². The molecule has 0 saturated heterocycles. The molecule has 0 fully saturated rings. The lowest BCUT2D eigenvalue weighted by atomic mass is 10.1. The SMILES string of the molecule is COCCN(CCC(N)=NO)C(=O)c1cc(C)ccc1F. The van der Waals surface area contributed by atoms with Crippen LogP contribution in [0.15, 0.2) is 23.4 Å². The van der Waals surface area contributed by atoms with Crippen molar-refractivity contribution in [1.29, 1.82) is 0 Å². The number of hydrogen-bond acceptors (Lipinski definition) is 4. The van der Waals surface area contributed by atoms with Gasteiger partial charge >= 0.3 is 0 Å². The van der Waals surface area contributed by atoms with Gasteiger partial charge in [0.05, 0.1) is 12.2 Å². The third-order valence-electron chi connectivity index (χ3n) is 2.97. The minimum absolute atomic E-state index is 0.00520. The number of methoxy groups -OCH3 is 1. The van der Waals surface area contributed by atoms with E-state index in [1.807, 2.05) is 0 Å². The molecule has 0 aliphatic heterocycles. The summed E-state index contributed by atoms with van der Waals surface area (Å²) in [5.74, 6) is -1.01. The molecule has 116 valence electrons. The average molecular weight is 297 g/mol. The van der Waals surface area contributed by atoms with Crippen LogP contribution in [0.1, 0.15) is 22.3 Å². The van der Waals surface area contributed by atoms with Crippen LogP contribution < -0.4 is 5.73 Å². The van der Waals surface area contributed by atoms with Crippen molar-refractivity contribution < 1.29 is 19.1 Å². The van der Waals surface area contributed by atoms with Crippen molar-refractivity contribution in [1.82, 2.24) is 4.90 Å². The van der Waals surface area contributed by atoms with E-state index in [1.165, 1.54) is 24.1 Å². The number of benzene rings is 1. The van der Waals surface area contributed by atoms with Gasteiger partial charge in [0.15, 0.2) is 0 Å². The first-order valence-corrected chi connectivity index (χ1v) is 6.50. The van der Waals surface area contributed by atoms with Crippen molar-refractivity contribution in [3.63, 3.8) is 0 Å². The van der Waals surface area contributed by atoms with Gasteiger partial charge in [-0.2, -0.15) is 0 Å². The second-order valence-corrected chi connectivity index (χ2v) is 4.61. The van der Waals surface area contributed by atoms with Gasteiger partial charge in [0.2, 0.25) is 0 Å². The number of halogens is 1. The van der Waals surface area contributed by atoms with Crippen molar-refractivity contribution >= 4 is 11.7 Å². The van der Waals surface area contributed by atoms with Crippen molar-refractivity contribution in [2.75, 3.05) is 26.8 Å². The number of rotatable bonds is 7. The Kier molecular flexibility index (Phi) is 6.61. The molecule has 0 bridgehead atoms. The van der Waals surface area contributed by atoms with Gasteiger partial charge in [0.1, 0.15) is 11.7 Å². The molecule has 0 saturated carbocycles. The zero-order valence-corrected chi connectivity index (χ0v) is 12.2. The van der Waals surface area contributed by atoms with E-state index in [1.54, 1.807) is 13.0 Å². The number of amides is 1. The predicted molar refractivity (Wildman–Crippen MR) is 76.9 cm³/mol. The minimum Gasteiger partial charge on any atom is -0.409 e. The fourth-order valence-electron chi connectivity index (χ4n) is 1.79. The molecule has 7 heteroatoms. The highest BCUT2D eigenvalue weighted by Gasteiger charge is 2.19. The Balaban J connectivity index is 2.90. The first kappa shape index (κ1) is 16.9. The predicted octanol–water partition coefficient (Wildman–Crippen LogP) is 1.36. The van der Waals surface area contributed by atoms with E-state index < -0.39 is 11.7 Å². The van der Waals surface area contributed by atoms with Gasteiger partial charge in [0, 0.05) is 26.6 Å². The number of ether oxygens (including phenoxy) is 1. The van der Waals surface area contributed by atoms with Gasteiger partial charge in [-0.05, 0) is 19.1 Å². The zero-order valence-electron chi connectivity index (χ0n) is 12.2. The maximum Gasteiger partial charge on any atom is 0.256 e. The quantitative estimate of drug-likeness (QED) is 0.344. The molecular weight excluding hydrogens is 277 g/mol. The van der Waals surface area contributed by atoms with Crippen LogP contribution in [-0.4, -0.2) is 48.7 Å². The Morgan fingerprint density at radius 1 is 1.48 bits per heavy atom. The second kappa shape index (κ2) is 8.21. The second-order valence-electron chi connectivity index (χ2n) is 4.61. The Morgan fingerprint density at radius 2 is 2.19 bits per heavy atom. The fourth-order valence-corrected chi connectivity index (χ4v) is 1.79. The maximum absolute atomic E-state index is 13.8. The Bertz CT molecular complexity index is 520. The number of carbonyl (C=O) groups is 1. The van der Waals surface area contributed by atoms with Crippen LogP contribution in [-0.2, 0) is 4.74 Å². The Labute approximate surface area is 123 Å². The number of amidine groups is 1. The molecule has 1 amide bonds. The smallest absolute Gasteiger partial charge is 0.256 e. The molecule has 6 nitrogen and oxygen atoms in total. The van der Waals surface area contributed by atoms with Crippen LogP contribution in [0.2, 0.25) is 0 Å². The highest BCUT2D eigenvalue weighted by Crippen LogP contribution is 2.13. The standard InChI is InChI=1S/C14H20FN3O3/c1-10-3-4-12(15)11(9-10)14(19)18(7-8-21-2)6-5-13(16)17-20/h3-4,9,20H,5-8H2,1-2H3,(H2,16,17). The van der Waals surface area contributed by atoms with E-state index in [-0.39, 0.29) is 24.4 Å². The van der Waals surface area contributed by atoms with E-state index in [0.29, 0.717) is 13.2 Å². The number of nitrogens with two attached hydrogens (primary N) is 1. The molecule has 1 aromatic rings. The summed E-state index contributed by atoms with van der Waals surface area (Å²) in [5, 5.41) is 11.4. The molecule has 0 atom stereocenters. The van der Waals surface area contributed by atoms with E-state index in [9.17, 15) is 9.18 Å². The summed E-state index contributed by atoms with van der Waals surface area (Å²) in [7, 11) is 1.51. The molecule has 0 unspecified atom stereocenters. The van der Waals surface area contributed by atoms with E-state index in [4.69, 9.17) is 15.7 Å². The van der Waals surface area contributed by atoms with Crippen LogP contribution >= 0.6 is 0 Å². The minimum atomic E-state index is -0.572. The number of nitrogens with zero attached hydrogens (tertiary/aromatic N) is 2. The van der Waals surface area contributed by atoms with E-state index in [0.717, 1.165) is 5.56 Å². The summed E-state index contributed by atoms with van der Waals surface area (Å²) in [6.45, 7) is 2.61. The molecule has 3 N–H and O–H groups in total. The average Bonchev–Trinajstić information content (AvgIpc) is 2.48. The maximum atomic E-state index is 13.8. The summed E-state index contributed by atoms with van der Waals surface area (Å²) in [6, 6.07) is 4.36. The van der Waals surface area contributed by atoms with Crippen LogP contribution in [0, 0.1) is 12.7 Å². The summed E-state index contributed by atoms with van der Waals surface area (Å²) in [5.41, 5.74) is 6.20. The highest BCUT2D eigenvalue weighted by atomic mass is 19.1. The van der Waals surface area contributed by atoms with Crippen LogP contribution in [0.25, 0.3) is 0 Å². The number of aryl methyl sites for hydroxylation is 1. The molecule has 0 radical (unpaired) electrons. The molecule has 0 spiro atoms. The van der Waals surface area contributed by atoms with Crippen molar-refractivity contribution in [3.8, 4) is 0 Å². The summed E-state index contributed by atoms with van der Waals surface area (Å²) in [6.07, 6.45) is 0.194. The zero-order chi connectivity index (χ0) is 15.8. The third-order valence-corrected chi connectivity index (χ3v) is 2.97.